The van der Waals surface area contributed by atoms with E-state index in [-0.39, 0.29) is 5.92 Å². The summed E-state index contributed by atoms with van der Waals surface area (Å²) in [5, 5.41) is 13.1. The molecular weight excluding hydrogens is 347 g/mol. The number of likely N-dealkylation sites (tertiary alicyclic amines) is 1. The molecule has 0 atom stereocenters. The topological polar surface area (TPSA) is 63.4 Å². The maximum atomic E-state index is 12.3. The Morgan fingerprint density at radius 3 is 2.46 bits per heavy atom. The fraction of sp³-hybridized carbons (Fsp3) is 0.647. The maximum absolute atomic E-state index is 12.3. The number of rotatable bonds is 4. The summed E-state index contributed by atoms with van der Waals surface area (Å²) < 4.78 is 38.6. The van der Waals surface area contributed by atoms with Gasteiger partial charge in [-0.3, -0.25) is 4.79 Å². The number of nitrogens with zero attached hydrogens (tertiary/aromatic N) is 5. The van der Waals surface area contributed by atoms with Crippen molar-refractivity contribution in [1.82, 2.24) is 24.7 Å². The summed E-state index contributed by atoms with van der Waals surface area (Å²) in [6, 6.07) is 3.92. The zero-order valence-corrected chi connectivity index (χ0v) is 14.2. The van der Waals surface area contributed by atoms with E-state index in [0.29, 0.717) is 37.5 Å². The lowest BCUT2D eigenvalue weighted by Crippen LogP contribution is -2.38. The van der Waals surface area contributed by atoms with Gasteiger partial charge in [-0.1, -0.05) is 0 Å². The Labute approximate surface area is 148 Å². The van der Waals surface area contributed by atoms with Gasteiger partial charge in [0.15, 0.2) is 11.5 Å². The minimum absolute atomic E-state index is 0.110. The summed E-state index contributed by atoms with van der Waals surface area (Å²) >= 11 is 0. The van der Waals surface area contributed by atoms with Gasteiger partial charge in [0.1, 0.15) is 0 Å². The quantitative estimate of drug-likeness (QED) is 0.833. The van der Waals surface area contributed by atoms with Gasteiger partial charge in [0.05, 0.1) is 12.1 Å². The van der Waals surface area contributed by atoms with Gasteiger partial charge in [-0.15, -0.1) is 10.2 Å². The molecule has 1 saturated carbocycles. The predicted molar refractivity (Wildman–Crippen MR) is 86.6 cm³/mol. The summed E-state index contributed by atoms with van der Waals surface area (Å²) in [6.45, 7) is 0.886. The van der Waals surface area contributed by atoms with Crippen molar-refractivity contribution in [2.45, 2.75) is 56.5 Å². The number of halogens is 3. The molecule has 3 heterocycles. The van der Waals surface area contributed by atoms with Crippen molar-refractivity contribution in [1.29, 1.82) is 0 Å². The molecule has 6 nitrogen and oxygen atoms in total. The summed E-state index contributed by atoms with van der Waals surface area (Å²) in [6.07, 6.45) is -2.19. The van der Waals surface area contributed by atoms with Crippen molar-refractivity contribution in [2.24, 2.45) is 0 Å². The smallest absolute Gasteiger partial charge is 0.343 e. The number of carbonyl (C=O) groups excluding carboxylic acids is 1. The van der Waals surface area contributed by atoms with E-state index in [2.05, 4.69) is 15.3 Å². The Bertz CT molecular complexity index is 806. The van der Waals surface area contributed by atoms with Crippen molar-refractivity contribution in [3.8, 4) is 0 Å². The lowest BCUT2D eigenvalue weighted by atomic mass is 9.96. The van der Waals surface area contributed by atoms with E-state index in [1.165, 1.54) is 4.90 Å². The molecule has 1 amide bonds. The molecule has 4 rings (SSSR count). The van der Waals surface area contributed by atoms with Crippen LogP contribution in [-0.4, -0.2) is 49.9 Å². The highest BCUT2D eigenvalue weighted by atomic mass is 19.4. The van der Waals surface area contributed by atoms with E-state index in [1.807, 2.05) is 12.1 Å². The zero-order valence-electron chi connectivity index (χ0n) is 14.2. The van der Waals surface area contributed by atoms with Crippen LogP contribution in [0.2, 0.25) is 0 Å². The maximum Gasteiger partial charge on any atom is 0.389 e. The molecule has 0 aromatic carbocycles. The summed E-state index contributed by atoms with van der Waals surface area (Å²) in [5.74, 6) is 0.993. The number of hydrogen-bond donors (Lipinski definition) is 0. The van der Waals surface area contributed by atoms with Crippen LogP contribution in [0.4, 0.5) is 13.2 Å². The summed E-state index contributed by atoms with van der Waals surface area (Å²) in [4.78, 5) is 13.5. The van der Waals surface area contributed by atoms with Gasteiger partial charge in [0, 0.05) is 31.3 Å². The Morgan fingerprint density at radius 1 is 1.08 bits per heavy atom. The average Bonchev–Trinajstić information content (AvgIpc) is 3.38. The van der Waals surface area contributed by atoms with Crippen LogP contribution in [-0.2, 0) is 4.79 Å². The molecule has 1 saturated heterocycles. The molecule has 2 aliphatic rings. The van der Waals surface area contributed by atoms with Crippen molar-refractivity contribution in [3.05, 3.63) is 23.7 Å². The second-order valence-corrected chi connectivity index (χ2v) is 7.13. The first kappa shape index (κ1) is 17.2. The van der Waals surface area contributed by atoms with Crippen LogP contribution in [0.3, 0.4) is 0 Å². The van der Waals surface area contributed by atoms with Crippen LogP contribution in [0.25, 0.3) is 5.65 Å². The van der Waals surface area contributed by atoms with Crippen LogP contribution in [0, 0.1) is 0 Å². The van der Waals surface area contributed by atoms with Crippen molar-refractivity contribution in [3.63, 3.8) is 0 Å². The molecule has 26 heavy (non-hydrogen) atoms. The van der Waals surface area contributed by atoms with Crippen LogP contribution in [0.1, 0.15) is 61.9 Å². The predicted octanol–water partition coefficient (Wildman–Crippen LogP) is 3.05. The van der Waals surface area contributed by atoms with Crippen molar-refractivity contribution >= 4 is 11.6 Å². The molecule has 2 fully saturated rings. The molecule has 1 aliphatic heterocycles. The van der Waals surface area contributed by atoms with Gasteiger partial charge >= 0.3 is 6.18 Å². The van der Waals surface area contributed by atoms with E-state index in [9.17, 15) is 18.0 Å². The first-order chi connectivity index (χ1) is 12.4. The highest BCUT2D eigenvalue weighted by molar-refractivity contribution is 5.76. The van der Waals surface area contributed by atoms with Gasteiger partial charge in [0.2, 0.25) is 5.91 Å². The first-order valence-electron chi connectivity index (χ1n) is 8.97. The van der Waals surface area contributed by atoms with E-state index in [4.69, 9.17) is 0 Å². The largest absolute Gasteiger partial charge is 0.389 e. The third-order valence-corrected chi connectivity index (χ3v) is 5.14. The molecular formula is C17H20F3N5O. The lowest BCUT2D eigenvalue weighted by molar-refractivity contribution is -0.149. The second kappa shape index (κ2) is 6.51. The standard InChI is InChI=1S/C17H20F3N5O/c18-17(19,20)8-5-15(26)24-9-6-12(7-10-24)16-22-21-14-4-3-13(11-1-2-11)23-25(14)16/h3-4,11-12H,1-2,5-10H2. The Balaban J connectivity index is 1.41. The van der Waals surface area contributed by atoms with Crippen molar-refractivity contribution in [2.75, 3.05) is 13.1 Å². The molecule has 9 heteroatoms. The van der Waals surface area contributed by atoms with E-state index >= 15 is 0 Å². The molecule has 0 radical (unpaired) electrons. The molecule has 0 N–H and O–H groups in total. The Hall–Kier alpha value is -2.19. The molecule has 1 aliphatic carbocycles. The molecule has 0 spiro atoms. The normalized spacial score (nSPS) is 19.3. The first-order valence-corrected chi connectivity index (χ1v) is 8.97. The molecule has 2 aromatic rings. The summed E-state index contributed by atoms with van der Waals surface area (Å²) in [7, 11) is 0. The highest BCUT2D eigenvalue weighted by Gasteiger charge is 2.32. The van der Waals surface area contributed by atoms with Crippen molar-refractivity contribution < 1.29 is 18.0 Å². The number of amides is 1. The van der Waals surface area contributed by atoms with E-state index in [0.717, 1.165) is 24.4 Å². The Morgan fingerprint density at radius 2 is 1.81 bits per heavy atom. The molecule has 0 bridgehead atoms. The number of alkyl halides is 3. The van der Waals surface area contributed by atoms with Gasteiger partial charge in [-0.25, -0.2) is 0 Å². The SMILES string of the molecule is O=C(CCC(F)(F)F)N1CCC(c2nnc3ccc(C4CC4)nn23)CC1. The minimum Gasteiger partial charge on any atom is -0.343 e. The molecule has 140 valence electrons. The lowest BCUT2D eigenvalue weighted by Gasteiger charge is -2.31. The van der Waals surface area contributed by atoms with Crippen LogP contribution < -0.4 is 0 Å². The number of carbonyl (C=O) groups is 1. The number of piperidine rings is 1. The fourth-order valence-corrected chi connectivity index (χ4v) is 3.46. The van der Waals surface area contributed by atoms with Gasteiger partial charge in [-0.2, -0.15) is 22.8 Å². The van der Waals surface area contributed by atoms with Gasteiger partial charge in [0.25, 0.3) is 0 Å². The van der Waals surface area contributed by atoms with Crippen LogP contribution in [0.5, 0.6) is 0 Å². The average molecular weight is 367 g/mol. The van der Waals surface area contributed by atoms with Gasteiger partial charge < -0.3 is 4.90 Å². The fourth-order valence-electron chi connectivity index (χ4n) is 3.46. The number of fused-ring (bicyclic) bond motifs is 1. The zero-order chi connectivity index (χ0) is 18.3. The third-order valence-electron chi connectivity index (χ3n) is 5.14. The van der Waals surface area contributed by atoms with E-state index < -0.39 is 24.9 Å². The summed E-state index contributed by atoms with van der Waals surface area (Å²) in [5.41, 5.74) is 1.76. The minimum atomic E-state index is -4.29. The van der Waals surface area contributed by atoms with Crippen LogP contribution in [0.15, 0.2) is 12.1 Å². The van der Waals surface area contributed by atoms with Gasteiger partial charge in [-0.05, 0) is 37.8 Å². The molecule has 0 unspecified atom stereocenters. The monoisotopic (exact) mass is 367 g/mol. The molecule has 2 aromatic heterocycles. The number of hydrogen-bond acceptors (Lipinski definition) is 4. The van der Waals surface area contributed by atoms with Crippen LogP contribution >= 0.6 is 0 Å². The third kappa shape index (κ3) is 3.66. The highest BCUT2D eigenvalue weighted by Crippen LogP contribution is 2.39. The second-order valence-electron chi connectivity index (χ2n) is 7.13. The Kier molecular flexibility index (Phi) is 4.32. The van der Waals surface area contributed by atoms with E-state index in [1.54, 1.807) is 4.52 Å². The number of aromatic nitrogens is 4.